The summed E-state index contributed by atoms with van der Waals surface area (Å²) in [5, 5.41) is 6.07. The van der Waals surface area contributed by atoms with Crippen molar-refractivity contribution in [2.75, 3.05) is 0 Å². The van der Waals surface area contributed by atoms with Gasteiger partial charge in [-0.25, -0.2) is 4.98 Å². The van der Waals surface area contributed by atoms with Gasteiger partial charge in [-0.1, -0.05) is 91.0 Å². The van der Waals surface area contributed by atoms with E-state index in [-0.39, 0.29) is 18.4 Å². The Morgan fingerprint density at radius 3 is 1.93 bits per heavy atom. The van der Waals surface area contributed by atoms with Crippen LogP contribution >= 0.6 is 11.3 Å². The van der Waals surface area contributed by atoms with E-state index in [0.717, 1.165) is 27.4 Å². The third-order valence-electron chi connectivity index (χ3n) is 4.49. The summed E-state index contributed by atoms with van der Waals surface area (Å²) in [5.41, 5.74) is 3.99. The number of hydrogen-bond acceptors (Lipinski definition) is 3. The summed E-state index contributed by atoms with van der Waals surface area (Å²) in [5.74, 6) is -0.0392. The molecule has 4 rings (SSSR count). The molecule has 0 saturated heterocycles. The number of carbonyl (C=O) groups excluding carboxylic acids is 1. The monoisotopic (exact) mass is 384 g/mol. The number of amides is 1. The summed E-state index contributed by atoms with van der Waals surface area (Å²) in [6.07, 6.45) is 0.263. The van der Waals surface area contributed by atoms with Gasteiger partial charge in [0.05, 0.1) is 18.2 Å². The van der Waals surface area contributed by atoms with Crippen molar-refractivity contribution in [3.05, 3.63) is 113 Å². The van der Waals surface area contributed by atoms with Gasteiger partial charge in [0.25, 0.3) is 0 Å². The summed E-state index contributed by atoms with van der Waals surface area (Å²) in [7, 11) is 0. The lowest BCUT2D eigenvalue weighted by molar-refractivity contribution is -0.121. The van der Waals surface area contributed by atoms with Gasteiger partial charge in [-0.05, 0) is 11.1 Å². The number of nitrogens with zero attached hydrogens (tertiary/aromatic N) is 1. The molecule has 1 amide bonds. The average molecular weight is 385 g/mol. The average Bonchev–Trinajstić information content (AvgIpc) is 3.22. The number of hydrogen-bond donors (Lipinski definition) is 1. The molecule has 0 aliphatic heterocycles. The molecule has 3 nitrogen and oxygen atoms in total. The van der Waals surface area contributed by atoms with Gasteiger partial charge in [0.1, 0.15) is 5.01 Å². The van der Waals surface area contributed by atoms with Gasteiger partial charge < -0.3 is 5.32 Å². The van der Waals surface area contributed by atoms with Crippen molar-refractivity contribution in [2.45, 2.75) is 12.5 Å². The molecule has 1 N–H and O–H groups in total. The van der Waals surface area contributed by atoms with Gasteiger partial charge in [-0.15, -0.1) is 11.3 Å². The van der Waals surface area contributed by atoms with Crippen LogP contribution in [0.3, 0.4) is 0 Å². The first-order chi connectivity index (χ1) is 13.8. The molecule has 0 aliphatic carbocycles. The highest BCUT2D eigenvalue weighted by Gasteiger charge is 2.17. The Labute approximate surface area is 168 Å². The van der Waals surface area contributed by atoms with E-state index in [1.165, 1.54) is 0 Å². The zero-order valence-electron chi connectivity index (χ0n) is 15.3. The predicted octanol–water partition coefficient (Wildman–Crippen LogP) is 5.26. The Morgan fingerprint density at radius 1 is 0.821 bits per heavy atom. The maximum atomic E-state index is 12.8. The van der Waals surface area contributed by atoms with Crippen molar-refractivity contribution in [2.24, 2.45) is 0 Å². The molecular weight excluding hydrogens is 364 g/mol. The molecule has 138 valence electrons. The van der Waals surface area contributed by atoms with Crippen LogP contribution in [0.1, 0.15) is 22.9 Å². The third-order valence-corrected chi connectivity index (χ3v) is 5.43. The molecular formula is C24H20N2OS. The fourth-order valence-corrected chi connectivity index (χ4v) is 3.95. The molecule has 0 atom stereocenters. The number of aromatic nitrogens is 1. The van der Waals surface area contributed by atoms with E-state index < -0.39 is 0 Å². The lowest BCUT2D eigenvalue weighted by atomic mass is 9.98. The van der Waals surface area contributed by atoms with E-state index >= 15 is 0 Å². The quantitative estimate of drug-likeness (QED) is 0.493. The van der Waals surface area contributed by atoms with Crippen LogP contribution in [0.4, 0.5) is 0 Å². The fourth-order valence-electron chi connectivity index (χ4n) is 3.13. The lowest BCUT2D eigenvalue weighted by Gasteiger charge is -2.19. The van der Waals surface area contributed by atoms with Crippen LogP contribution in [0.15, 0.2) is 96.4 Å². The first kappa shape index (κ1) is 18.1. The Morgan fingerprint density at radius 2 is 1.36 bits per heavy atom. The van der Waals surface area contributed by atoms with E-state index in [2.05, 4.69) is 10.3 Å². The fraction of sp³-hybridized carbons (Fsp3) is 0.0833. The highest BCUT2D eigenvalue weighted by atomic mass is 32.1. The smallest absolute Gasteiger partial charge is 0.226 e. The van der Waals surface area contributed by atoms with Gasteiger partial charge in [0.15, 0.2) is 0 Å². The SMILES string of the molecule is O=C(Cc1csc(-c2ccccc2)n1)NC(c1ccccc1)c1ccccc1. The van der Waals surface area contributed by atoms with Crippen LogP contribution in [0.2, 0.25) is 0 Å². The highest BCUT2D eigenvalue weighted by Crippen LogP contribution is 2.24. The predicted molar refractivity (Wildman–Crippen MR) is 114 cm³/mol. The van der Waals surface area contributed by atoms with E-state index in [9.17, 15) is 4.79 Å². The molecule has 0 radical (unpaired) electrons. The molecule has 1 heterocycles. The van der Waals surface area contributed by atoms with E-state index in [0.29, 0.717) is 0 Å². The van der Waals surface area contributed by atoms with Crippen molar-refractivity contribution in [3.63, 3.8) is 0 Å². The highest BCUT2D eigenvalue weighted by molar-refractivity contribution is 7.13. The molecule has 0 fully saturated rings. The molecule has 0 bridgehead atoms. The molecule has 0 saturated carbocycles. The molecule has 0 aliphatic rings. The number of carbonyl (C=O) groups is 1. The van der Waals surface area contributed by atoms with Gasteiger partial charge >= 0.3 is 0 Å². The number of benzene rings is 3. The van der Waals surface area contributed by atoms with Crippen LogP contribution in [0.25, 0.3) is 10.6 Å². The van der Waals surface area contributed by atoms with Crippen LogP contribution in [-0.4, -0.2) is 10.9 Å². The number of thiazole rings is 1. The molecule has 0 spiro atoms. The molecule has 4 heteroatoms. The van der Waals surface area contributed by atoms with Crippen molar-refractivity contribution < 1.29 is 4.79 Å². The Kier molecular flexibility index (Phi) is 5.59. The van der Waals surface area contributed by atoms with Crippen LogP contribution in [0, 0.1) is 0 Å². The maximum Gasteiger partial charge on any atom is 0.226 e. The second-order valence-electron chi connectivity index (χ2n) is 6.51. The topological polar surface area (TPSA) is 42.0 Å². The van der Waals surface area contributed by atoms with Crippen LogP contribution in [-0.2, 0) is 11.2 Å². The van der Waals surface area contributed by atoms with Gasteiger partial charge in [0.2, 0.25) is 5.91 Å². The van der Waals surface area contributed by atoms with Gasteiger partial charge in [-0.3, -0.25) is 4.79 Å². The molecule has 0 unspecified atom stereocenters. The zero-order valence-corrected chi connectivity index (χ0v) is 16.1. The summed E-state index contributed by atoms with van der Waals surface area (Å²) in [6, 6.07) is 29.9. The van der Waals surface area contributed by atoms with Gasteiger partial charge in [-0.2, -0.15) is 0 Å². The zero-order chi connectivity index (χ0) is 19.2. The normalized spacial score (nSPS) is 10.8. The molecule has 3 aromatic carbocycles. The van der Waals surface area contributed by atoms with E-state index in [1.807, 2.05) is 96.4 Å². The summed E-state index contributed by atoms with van der Waals surface area (Å²) < 4.78 is 0. The largest absolute Gasteiger partial charge is 0.345 e. The van der Waals surface area contributed by atoms with Crippen molar-refractivity contribution >= 4 is 17.2 Å². The first-order valence-corrected chi connectivity index (χ1v) is 10.1. The minimum Gasteiger partial charge on any atom is -0.345 e. The Bertz CT molecular complexity index is 990. The van der Waals surface area contributed by atoms with Crippen LogP contribution < -0.4 is 5.32 Å². The van der Waals surface area contributed by atoms with Crippen LogP contribution in [0.5, 0.6) is 0 Å². The first-order valence-electron chi connectivity index (χ1n) is 9.19. The van der Waals surface area contributed by atoms with Crippen molar-refractivity contribution in [1.29, 1.82) is 0 Å². The Balaban J connectivity index is 1.50. The van der Waals surface area contributed by atoms with E-state index in [4.69, 9.17) is 0 Å². The second kappa shape index (κ2) is 8.63. The summed E-state index contributed by atoms with van der Waals surface area (Å²) >= 11 is 1.57. The molecule has 28 heavy (non-hydrogen) atoms. The van der Waals surface area contributed by atoms with Gasteiger partial charge in [0, 0.05) is 10.9 Å². The molecule has 1 aromatic heterocycles. The minimum atomic E-state index is -0.179. The standard InChI is InChI=1S/C24H20N2OS/c27-22(16-21-17-28-24(25-21)20-14-8-3-9-15-20)26-23(18-10-4-1-5-11-18)19-12-6-2-7-13-19/h1-15,17,23H,16H2,(H,26,27). The van der Waals surface area contributed by atoms with E-state index in [1.54, 1.807) is 11.3 Å². The summed E-state index contributed by atoms with van der Waals surface area (Å²) in [4.78, 5) is 17.4. The third kappa shape index (κ3) is 4.35. The Hall–Kier alpha value is -3.24. The number of nitrogens with one attached hydrogen (secondary N) is 1. The minimum absolute atomic E-state index is 0.0392. The maximum absolute atomic E-state index is 12.8. The molecule has 4 aromatic rings. The summed E-state index contributed by atoms with van der Waals surface area (Å²) in [6.45, 7) is 0. The lowest BCUT2D eigenvalue weighted by Crippen LogP contribution is -2.30. The van der Waals surface area contributed by atoms with Crippen molar-refractivity contribution in [1.82, 2.24) is 10.3 Å². The number of rotatable bonds is 6. The van der Waals surface area contributed by atoms with Crippen molar-refractivity contribution in [3.8, 4) is 10.6 Å². The second-order valence-corrected chi connectivity index (χ2v) is 7.37.